The van der Waals surface area contributed by atoms with Crippen LogP contribution < -0.4 is 0 Å². The maximum Gasteiger partial charge on any atom is 0.303 e. The van der Waals surface area contributed by atoms with Gasteiger partial charge in [-0.15, -0.1) is 0 Å². The molecule has 0 fully saturated rings. The van der Waals surface area contributed by atoms with Crippen molar-refractivity contribution in [2.45, 2.75) is 30.1 Å². The van der Waals surface area contributed by atoms with Crippen LogP contribution in [-0.4, -0.2) is 9.85 Å². The number of rotatable bonds is 2. The number of allylic oxidation sites excluding steroid dienone is 4. The lowest BCUT2D eigenvalue weighted by atomic mass is 9.88. The average Bonchev–Trinajstić information content (AvgIpc) is 1.99. The van der Waals surface area contributed by atoms with Gasteiger partial charge in [0.1, 0.15) is 0 Å². The normalized spacial score (nSPS) is 23.5. The molecule has 0 aromatic rings. The van der Waals surface area contributed by atoms with Crippen LogP contribution in [0.15, 0.2) is 23.3 Å². The standard InChI is InChI=1S/C10H11F4I/c1-6-3-7(9(2,11)12)5-8(4-6)10(13,14)15/h3-4,8H,5H2,1-2H3. The Morgan fingerprint density at radius 3 is 2.27 bits per heavy atom. The fraction of sp³-hybridized carbons (Fsp3) is 0.600. The SMILES string of the molecule is CC1=CC(C(F)(F)I)CC(C(C)(F)F)=C1. The topological polar surface area (TPSA) is 0 Å². The lowest BCUT2D eigenvalue weighted by Crippen LogP contribution is -2.26. The van der Waals surface area contributed by atoms with E-state index in [9.17, 15) is 17.6 Å². The quantitative estimate of drug-likeness (QED) is 0.394. The first-order valence-corrected chi connectivity index (χ1v) is 5.52. The van der Waals surface area contributed by atoms with Crippen molar-refractivity contribution in [3.05, 3.63) is 23.3 Å². The first-order chi connectivity index (χ1) is 6.60. The molecule has 5 heteroatoms. The van der Waals surface area contributed by atoms with Crippen molar-refractivity contribution in [3.8, 4) is 0 Å². The largest absolute Gasteiger partial charge is 0.303 e. The minimum atomic E-state index is -3.02. The smallest absolute Gasteiger partial charge is 0.202 e. The summed E-state index contributed by atoms with van der Waals surface area (Å²) in [5, 5.41) is 0. The van der Waals surface area contributed by atoms with E-state index in [2.05, 4.69) is 0 Å². The summed E-state index contributed by atoms with van der Waals surface area (Å²) in [4.78, 5) is 0. The van der Waals surface area contributed by atoms with Crippen LogP contribution in [0.3, 0.4) is 0 Å². The van der Waals surface area contributed by atoms with E-state index in [1.165, 1.54) is 12.2 Å². The van der Waals surface area contributed by atoms with E-state index in [0.717, 1.165) is 29.5 Å². The van der Waals surface area contributed by atoms with E-state index < -0.39 is 15.8 Å². The molecule has 15 heavy (non-hydrogen) atoms. The predicted molar refractivity (Wildman–Crippen MR) is 59.5 cm³/mol. The molecule has 1 unspecified atom stereocenters. The van der Waals surface area contributed by atoms with E-state index in [1.54, 1.807) is 6.92 Å². The summed E-state index contributed by atoms with van der Waals surface area (Å²) < 4.78 is 49.0. The van der Waals surface area contributed by atoms with Crippen LogP contribution in [0.4, 0.5) is 17.6 Å². The number of hydrogen-bond donors (Lipinski definition) is 0. The summed E-state index contributed by atoms with van der Waals surface area (Å²) in [6, 6.07) is 0. The van der Waals surface area contributed by atoms with E-state index in [-0.39, 0.29) is 12.0 Å². The maximum atomic E-state index is 13.0. The van der Waals surface area contributed by atoms with Gasteiger partial charge in [-0.1, -0.05) is 17.7 Å². The zero-order chi connectivity index (χ0) is 11.9. The van der Waals surface area contributed by atoms with Crippen LogP contribution in [0.1, 0.15) is 20.3 Å². The second-order valence-corrected chi connectivity index (χ2v) is 5.26. The van der Waals surface area contributed by atoms with E-state index in [0.29, 0.717) is 5.57 Å². The zero-order valence-corrected chi connectivity index (χ0v) is 10.5. The molecule has 0 nitrogen and oxygen atoms in total. The summed E-state index contributed by atoms with van der Waals surface area (Å²) in [7, 11) is 0. The van der Waals surface area contributed by atoms with Gasteiger partial charge in [0.2, 0.25) is 0 Å². The van der Waals surface area contributed by atoms with Gasteiger partial charge in [0, 0.05) is 6.92 Å². The van der Waals surface area contributed by atoms with Gasteiger partial charge in [0.05, 0.1) is 5.92 Å². The number of halogens is 5. The molecule has 1 aliphatic carbocycles. The highest BCUT2D eigenvalue weighted by Crippen LogP contribution is 2.43. The van der Waals surface area contributed by atoms with Crippen molar-refractivity contribution >= 4 is 22.6 Å². The Kier molecular flexibility index (Phi) is 3.52. The monoisotopic (exact) mass is 334 g/mol. The van der Waals surface area contributed by atoms with Crippen molar-refractivity contribution in [1.82, 2.24) is 0 Å². The molecule has 0 N–H and O–H groups in total. The van der Waals surface area contributed by atoms with Crippen LogP contribution >= 0.6 is 22.6 Å². The molecule has 0 radical (unpaired) electrons. The van der Waals surface area contributed by atoms with Gasteiger partial charge >= 0.3 is 3.93 Å². The van der Waals surface area contributed by atoms with Gasteiger partial charge in [-0.25, -0.2) is 8.78 Å². The Labute approximate surface area is 99.6 Å². The highest BCUT2D eigenvalue weighted by molar-refractivity contribution is 14.1. The Morgan fingerprint density at radius 1 is 1.33 bits per heavy atom. The molecule has 0 aliphatic heterocycles. The van der Waals surface area contributed by atoms with Crippen molar-refractivity contribution in [1.29, 1.82) is 0 Å². The van der Waals surface area contributed by atoms with Crippen LogP contribution in [-0.2, 0) is 0 Å². The molecule has 1 rings (SSSR count). The summed E-state index contributed by atoms with van der Waals surface area (Å²) in [6.07, 6.45) is 2.36. The van der Waals surface area contributed by atoms with Crippen LogP contribution in [0, 0.1) is 5.92 Å². The Morgan fingerprint density at radius 2 is 1.87 bits per heavy atom. The predicted octanol–water partition coefficient (Wildman–Crippen LogP) is 4.56. The first kappa shape index (κ1) is 13.0. The lowest BCUT2D eigenvalue weighted by molar-refractivity contribution is 0.0406. The Balaban J connectivity index is 2.96. The summed E-state index contributed by atoms with van der Waals surface area (Å²) in [5.74, 6) is -4.15. The van der Waals surface area contributed by atoms with Gasteiger partial charge in [-0.2, -0.15) is 8.78 Å². The molecule has 0 heterocycles. The average molecular weight is 334 g/mol. The fourth-order valence-corrected chi connectivity index (χ4v) is 1.91. The lowest BCUT2D eigenvalue weighted by Gasteiger charge is -2.27. The van der Waals surface area contributed by atoms with Crippen molar-refractivity contribution in [3.63, 3.8) is 0 Å². The van der Waals surface area contributed by atoms with Gasteiger partial charge in [0.25, 0.3) is 5.92 Å². The second-order valence-electron chi connectivity index (χ2n) is 3.82. The van der Waals surface area contributed by atoms with Crippen LogP contribution in [0.5, 0.6) is 0 Å². The summed E-state index contributed by atoms with van der Waals surface area (Å²) >= 11 is 0.994. The van der Waals surface area contributed by atoms with Crippen LogP contribution in [0.25, 0.3) is 0 Å². The van der Waals surface area contributed by atoms with Crippen molar-refractivity contribution < 1.29 is 17.6 Å². The maximum absolute atomic E-state index is 13.0. The zero-order valence-electron chi connectivity index (χ0n) is 8.33. The van der Waals surface area contributed by atoms with E-state index in [4.69, 9.17) is 0 Å². The van der Waals surface area contributed by atoms with E-state index in [1.807, 2.05) is 0 Å². The van der Waals surface area contributed by atoms with E-state index >= 15 is 0 Å². The minimum Gasteiger partial charge on any atom is -0.202 e. The molecular formula is C10H11F4I. The minimum absolute atomic E-state index is 0.219. The number of hydrogen-bond acceptors (Lipinski definition) is 0. The van der Waals surface area contributed by atoms with Gasteiger partial charge in [-0.3, -0.25) is 0 Å². The molecule has 1 aliphatic rings. The third-order valence-corrected chi connectivity index (χ3v) is 3.09. The van der Waals surface area contributed by atoms with Gasteiger partial charge in [-0.05, 0) is 41.5 Å². The molecule has 0 saturated heterocycles. The molecule has 0 saturated carbocycles. The highest BCUT2D eigenvalue weighted by atomic mass is 127. The Bertz CT molecular complexity index is 306. The van der Waals surface area contributed by atoms with Crippen molar-refractivity contribution in [2.75, 3.05) is 0 Å². The third-order valence-electron chi connectivity index (χ3n) is 2.29. The molecule has 0 amide bonds. The second kappa shape index (κ2) is 4.07. The molecule has 86 valence electrons. The fourth-order valence-electron chi connectivity index (χ4n) is 1.51. The number of alkyl halides is 5. The molecule has 1 atom stereocenters. The highest BCUT2D eigenvalue weighted by Gasteiger charge is 2.40. The van der Waals surface area contributed by atoms with Crippen LogP contribution in [0.2, 0.25) is 0 Å². The summed E-state index contributed by atoms with van der Waals surface area (Å²) in [6.45, 7) is 2.29. The first-order valence-electron chi connectivity index (χ1n) is 4.44. The third kappa shape index (κ3) is 3.46. The Hall–Kier alpha value is -0.0700. The molecule has 0 aromatic carbocycles. The summed E-state index contributed by atoms with van der Waals surface area (Å²) in [5.41, 5.74) is 0.253. The van der Waals surface area contributed by atoms with Gasteiger partial charge in [0.15, 0.2) is 0 Å². The molecular weight excluding hydrogens is 323 g/mol. The molecule has 0 bridgehead atoms. The van der Waals surface area contributed by atoms with Gasteiger partial charge < -0.3 is 0 Å². The molecule has 0 aromatic heterocycles. The molecule has 0 spiro atoms. The van der Waals surface area contributed by atoms with Crippen molar-refractivity contribution in [2.24, 2.45) is 5.92 Å².